The van der Waals surface area contributed by atoms with E-state index in [0.29, 0.717) is 12.8 Å². The van der Waals surface area contributed by atoms with Crippen LogP contribution >= 0.6 is 0 Å². The van der Waals surface area contributed by atoms with Gasteiger partial charge in [-0.05, 0) is 18.9 Å². The maximum atomic E-state index is 13.8. The molecule has 0 spiro atoms. The molecule has 1 aliphatic rings. The van der Waals surface area contributed by atoms with E-state index in [1.54, 1.807) is 12.1 Å². The minimum absolute atomic E-state index is 0.0300. The predicted molar refractivity (Wildman–Crippen MR) is 96.7 cm³/mol. The molecule has 1 aromatic rings. The fraction of sp³-hybridized carbons (Fsp3) is 0.667. The Bertz CT molecular complexity index is 597. The molecule has 0 heterocycles. The molecular formula is C21H30F2O3. The standard InChI is InChI=1S/C21H30F2O3/c1-4-5-6-7-8-15(3)21(24)26-18-11-17(12-18)25-13-16-10-9-14(2)19(22)20(16)23/h9-10,15,17-18H,4-8,11-13H2,1-3H3. The second kappa shape index (κ2) is 10.0. The first-order valence-corrected chi connectivity index (χ1v) is 9.67. The summed E-state index contributed by atoms with van der Waals surface area (Å²) < 4.78 is 38.4. The maximum absolute atomic E-state index is 13.8. The van der Waals surface area contributed by atoms with Crippen molar-refractivity contribution >= 4 is 5.97 Å². The zero-order valence-corrected chi connectivity index (χ0v) is 16.0. The van der Waals surface area contributed by atoms with Gasteiger partial charge in [-0.2, -0.15) is 0 Å². The number of ether oxygens (including phenoxy) is 2. The lowest BCUT2D eigenvalue weighted by Crippen LogP contribution is -2.39. The second-order valence-corrected chi connectivity index (χ2v) is 7.38. The van der Waals surface area contributed by atoms with E-state index < -0.39 is 11.6 Å². The lowest BCUT2D eigenvalue weighted by Gasteiger charge is -2.35. The van der Waals surface area contributed by atoms with Gasteiger partial charge in [0.25, 0.3) is 0 Å². The second-order valence-electron chi connectivity index (χ2n) is 7.38. The van der Waals surface area contributed by atoms with Gasteiger partial charge in [0.15, 0.2) is 11.6 Å². The van der Waals surface area contributed by atoms with Gasteiger partial charge in [0.1, 0.15) is 6.10 Å². The molecule has 1 saturated carbocycles. The van der Waals surface area contributed by atoms with Crippen LogP contribution in [-0.2, 0) is 20.9 Å². The smallest absolute Gasteiger partial charge is 0.308 e. The van der Waals surface area contributed by atoms with Crippen LogP contribution < -0.4 is 0 Å². The largest absolute Gasteiger partial charge is 0.462 e. The molecule has 5 heteroatoms. The van der Waals surface area contributed by atoms with Crippen molar-refractivity contribution in [3.05, 3.63) is 34.9 Å². The van der Waals surface area contributed by atoms with Gasteiger partial charge in [-0.25, -0.2) is 8.78 Å². The predicted octanol–water partition coefficient (Wildman–Crippen LogP) is 5.47. The van der Waals surface area contributed by atoms with Crippen molar-refractivity contribution in [2.45, 2.75) is 84.5 Å². The first kappa shape index (κ1) is 20.8. The molecule has 0 aliphatic heterocycles. The van der Waals surface area contributed by atoms with E-state index in [0.717, 1.165) is 19.3 Å². The molecule has 0 saturated heterocycles. The fourth-order valence-corrected chi connectivity index (χ4v) is 3.03. The Labute approximate surface area is 155 Å². The number of aryl methyl sites for hydroxylation is 1. The number of benzene rings is 1. The Morgan fingerprint density at radius 3 is 2.58 bits per heavy atom. The van der Waals surface area contributed by atoms with Gasteiger partial charge in [-0.3, -0.25) is 4.79 Å². The Balaban J connectivity index is 1.65. The first-order valence-electron chi connectivity index (χ1n) is 9.67. The highest BCUT2D eigenvalue weighted by Gasteiger charge is 2.34. The molecule has 0 radical (unpaired) electrons. The average molecular weight is 368 g/mol. The van der Waals surface area contributed by atoms with Crippen LogP contribution in [0.15, 0.2) is 12.1 Å². The summed E-state index contributed by atoms with van der Waals surface area (Å²) in [6.07, 6.45) is 6.50. The monoisotopic (exact) mass is 368 g/mol. The summed E-state index contributed by atoms with van der Waals surface area (Å²) in [6, 6.07) is 3.09. The third-order valence-electron chi connectivity index (χ3n) is 5.06. The first-order chi connectivity index (χ1) is 12.4. The molecule has 0 amide bonds. The SMILES string of the molecule is CCCCCCC(C)C(=O)OC1CC(OCc2ccc(C)c(F)c2F)C1. The molecule has 1 aromatic carbocycles. The van der Waals surface area contributed by atoms with Gasteiger partial charge in [0.2, 0.25) is 0 Å². The molecule has 0 aromatic heterocycles. The molecule has 2 rings (SSSR count). The zero-order chi connectivity index (χ0) is 19.1. The summed E-state index contributed by atoms with van der Waals surface area (Å²) in [5.41, 5.74) is 0.500. The van der Waals surface area contributed by atoms with Gasteiger partial charge in [0, 0.05) is 18.4 Å². The zero-order valence-electron chi connectivity index (χ0n) is 16.0. The third-order valence-corrected chi connectivity index (χ3v) is 5.06. The number of esters is 1. The van der Waals surface area contributed by atoms with Crippen LogP contribution in [-0.4, -0.2) is 18.2 Å². The van der Waals surface area contributed by atoms with Crippen LogP contribution in [0.4, 0.5) is 8.78 Å². The van der Waals surface area contributed by atoms with Crippen LogP contribution in [0.1, 0.15) is 69.9 Å². The van der Waals surface area contributed by atoms with Gasteiger partial charge in [-0.15, -0.1) is 0 Å². The van der Waals surface area contributed by atoms with Crippen LogP contribution in [0.5, 0.6) is 0 Å². The van der Waals surface area contributed by atoms with E-state index in [1.165, 1.54) is 19.8 Å². The number of carbonyl (C=O) groups is 1. The fourth-order valence-electron chi connectivity index (χ4n) is 3.03. The number of hydrogen-bond acceptors (Lipinski definition) is 3. The lowest BCUT2D eigenvalue weighted by molar-refractivity contribution is -0.167. The van der Waals surface area contributed by atoms with Crippen molar-refractivity contribution in [2.24, 2.45) is 5.92 Å². The van der Waals surface area contributed by atoms with Gasteiger partial charge in [-0.1, -0.05) is 51.7 Å². The molecule has 26 heavy (non-hydrogen) atoms. The van der Waals surface area contributed by atoms with Gasteiger partial charge < -0.3 is 9.47 Å². The summed E-state index contributed by atoms with van der Waals surface area (Å²) in [4.78, 5) is 12.1. The van der Waals surface area contributed by atoms with E-state index in [1.807, 2.05) is 6.92 Å². The van der Waals surface area contributed by atoms with E-state index >= 15 is 0 Å². The summed E-state index contributed by atoms with van der Waals surface area (Å²) in [7, 11) is 0. The summed E-state index contributed by atoms with van der Waals surface area (Å²) in [5.74, 6) is -1.88. The molecule has 1 atom stereocenters. The Morgan fingerprint density at radius 2 is 1.88 bits per heavy atom. The Hall–Kier alpha value is -1.49. The molecule has 0 bridgehead atoms. The van der Waals surface area contributed by atoms with Crippen LogP contribution in [0.3, 0.4) is 0 Å². The molecule has 0 N–H and O–H groups in total. The summed E-state index contributed by atoms with van der Waals surface area (Å²) in [6.45, 7) is 5.63. The van der Waals surface area contributed by atoms with E-state index in [9.17, 15) is 13.6 Å². The number of hydrogen-bond donors (Lipinski definition) is 0. The highest BCUT2D eigenvalue weighted by atomic mass is 19.2. The van der Waals surface area contributed by atoms with Crippen molar-refractivity contribution in [2.75, 3.05) is 0 Å². The third kappa shape index (κ3) is 5.76. The minimum Gasteiger partial charge on any atom is -0.462 e. The molecule has 1 fully saturated rings. The van der Waals surface area contributed by atoms with Crippen LogP contribution in [0.2, 0.25) is 0 Å². The highest BCUT2D eigenvalue weighted by Crippen LogP contribution is 2.29. The molecule has 146 valence electrons. The van der Waals surface area contributed by atoms with Crippen molar-refractivity contribution < 1.29 is 23.0 Å². The van der Waals surface area contributed by atoms with E-state index in [-0.39, 0.29) is 41.8 Å². The van der Waals surface area contributed by atoms with Gasteiger partial charge >= 0.3 is 5.97 Å². The molecular weight excluding hydrogens is 338 g/mol. The van der Waals surface area contributed by atoms with Crippen molar-refractivity contribution in [1.82, 2.24) is 0 Å². The number of carbonyl (C=O) groups excluding carboxylic acids is 1. The van der Waals surface area contributed by atoms with E-state index in [2.05, 4.69) is 6.92 Å². The van der Waals surface area contributed by atoms with Crippen molar-refractivity contribution in [3.63, 3.8) is 0 Å². The Kier molecular flexibility index (Phi) is 8.01. The molecule has 1 aliphatic carbocycles. The van der Waals surface area contributed by atoms with Crippen molar-refractivity contribution in [3.8, 4) is 0 Å². The topological polar surface area (TPSA) is 35.5 Å². The maximum Gasteiger partial charge on any atom is 0.308 e. The molecule has 3 nitrogen and oxygen atoms in total. The summed E-state index contributed by atoms with van der Waals surface area (Å²) in [5, 5.41) is 0. The number of rotatable bonds is 10. The average Bonchev–Trinajstić information content (AvgIpc) is 2.59. The minimum atomic E-state index is -0.843. The highest BCUT2D eigenvalue weighted by molar-refractivity contribution is 5.72. The number of halogens is 2. The quantitative estimate of drug-likeness (QED) is 0.406. The van der Waals surface area contributed by atoms with Gasteiger partial charge in [0.05, 0.1) is 18.6 Å². The van der Waals surface area contributed by atoms with Crippen molar-refractivity contribution in [1.29, 1.82) is 0 Å². The summed E-state index contributed by atoms with van der Waals surface area (Å²) >= 11 is 0. The Morgan fingerprint density at radius 1 is 1.15 bits per heavy atom. The lowest BCUT2D eigenvalue weighted by atomic mass is 9.91. The molecule has 1 unspecified atom stereocenters. The normalized spacial score (nSPS) is 20.5. The van der Waals surface area contributed by atoms with E-state index in [4.69, 9.17) is 9.47 Å². The van der Waals surface area contributed by atoms with Crippen LogP contribution in [0.25, 0.3) is 0 Å². The van der Waals surface area contributed by atoms with Crippen LogP contribution in [0, 0.1) is 24.5 Å². The number of unbranched alkanes of at least 4 members (excludes halogenated alkanes) is 3.